The molecule has 1 rings (SSSR count). The molecule has 12 nitrogen and oxygen atoms in total. The van der Waals surface area contributed by atoms with Gasteiger partial charge >= 0.3 is 16.1 Å². The highest BCUT2D eigenvalue weighted by atomic mass is 32.3. The lowest BCUT2D eigenvalue weighted by Crippen LogP contribution is -2.51. The molecule has 0 aromatic heterocycles. The molecule has 1 aromatic carbocycles. The summed E-state index contributed by atoms with van der Waals surface area (Å²) in [5.41, 5.74) is -1.91. The third kappa shape index (κ3) is 6.56. The first-order valence-electron chi connectivity index (χ1n) is 7.97. The van der Waals surface area contributed by atoms with E-state index in [2.05, 4.69) is 10.1 Å². The molecule has 170 valence electrons. The number of nitrogens with one attached hydrogen (secondary N) is 1. The van der Waals surface area contributed by atoms with E-state index in [-0.39, 0.29) is 22.1 Å². The lowest BCUT2D eigenvalue weighted by molar-refractivity contribution is -0.149. The summed E-state index contributed by atoms with van der Waals surface area (Å²) >= 11 is 0. The van der Waals surface area contributed by atoms with E-state index in [0.29, 0.717) is 18.8 Å². The maximum atomic E-state index is 12.1. The SMILES string of the molecule is COC(=O)[C@@](C)(Cc1ccc(N(S(C)(=O)=O)S(C)(=O)=O)c(OS(C)(=O)=O)c1)NC=O. The number of methoxy groups -OCH3 is 1. The van der Waals surface area contributed by atoms with Gasteiger partial charge in [-0.2, -0.15) is 12.1 Å². The van der Waals surface area contributed by atoms with Crippen molar-refractivity contribution in [2.45, 2.75) is 18.9 Å². The van der Waals surface area contributed by atoms with Gasteiger partial charge in [-0.3, -0.25) is 4.79 Å². The maximum Gasteiger partial charge on any atom is 0.331 e. The Labute approximate surface area is 175 Å². The lowest BCUT2D eigenvalue weighted by atomic mass is 9.92. The van der Waals surface area contributed by atoms with Crippen molar-refractivity contribution in [2.75, 3.05) is 29.6 Å². The molecule has 0 unspecified atom stereocenters. The molecule has 0 aliphatic rings. The Morgan fingerprint density at radius 1 is 1.10 bits per heavy atom. The highest BCUT2D eigenvalue weighted by molar-refractivity contribution is 8.09. The van der Waals surface area contributed by atoms with Gasteiger partial charge in [0.05, 0.1) is 25.9 Å². The topological polar surface area (TPSA) is 170 Å². The molecule has 1 aromatic rings. The number of esters is 1. The number of carbonyl (C=O) groups excluding carboxylic acids is 2. The molecule has 30 heavy (non-hydrogen) atoms. The number of amides is 1. The average molecular weight is 487 g/mol. The van der Waals surface area contributed by atoms with Gasteiger partial charge in [0, 0.05) is 6.42 Å². The standard InChI is InChI=1S/C15H22N2O10S3/c1-15(16-10-18,14(19)26-2)9-11-6-7-12(13(8-11)27-30(5,24)25)17(28(3,20)21)29(4,22)23/h6-8,10H,9H2,1-5H3,(H,16,18)/t15-/m1/s1. The molecule has 0 spiro atoms. The summed E-state index contributed by atoms with van der Waals surface area (Å²) in [5, 5.41) is 2.30. The molecule has 15 heteroatoms. The molecule has 0 aliphatic heterocycles. The second kappa shape index (κ2) is 8.77. The molecule has 1 amide bonds. The van der Waals surface area contributed by atoms with Crippen molar-refractivity contribution >= 4 is 48.2 Å². The zero-order valence-electron chi connectivity index (χ0n) is 16.8. The quantitative estimate of drug-likeness (QED) is 0.245. The monoisotopic (exact) mass is 486 g/mol. The van der Waals surface area contributed by atoms with E-state index in [0.717, 1.165) is 19.2 Å². The Morgan fingerprint density at radius 3 is 2.03 bits per heavy atom. The summed E-state index contributed by atoms with van der Waals surface area (Å²) in [6, 6.07) is 3.31. The van der Waals surface area contributed by atoms with Crippen LogP contribution in [-0.4, -0.2) is 69.0 Å². The minimum Gasteiger partial charge on any atom is -0.467 e. The van der Waals surface area contributed by atoms with Gasteiger partial charge < -0.3 is 14.2 Å². The Balaban J connectivity index is 3.70. The van der Waals surface area contributed by atoms with Crippen molar-refractivity contribution in [2.24, 2.45) is 0 Å². The number of anilines is 1. The van der Waals surface area contributed by atoms with Crippen molar-refractivity contribution in [1.29, 1.82) is 0 Å². The molecule has 0 aliphatic carbocycles. The highest BCUT2D eigenvalue weighted by Crippen LogP contribution is 2.35. The first kappa shape index (κ1) is 25.6. The summed E-state index contributed by atoms with van der Waals surface area (Å²) in [7, 11) is -11.9. The van der Waals surface area contributed by atoms with Gasteiger partial charge in [0.25, 0.3) is 0 Å². The van der Waals surface area contributed by atoms with E-state index < -0.39 is 53.1 Å². The van der Waals surface area contributed by atoms with Gasteiger partial charge in [-0.1, -0.05) is 6.07 Å². The van der Waals surface area contributed by atoms with E-state index in [9.17, 15) is 34.8 Å². The van der Waals surface area contributed by atoms with Gasteiger partial charge in [-0.15, -0.1) is 0 Å². The number of ether oxygens (including phenoxy) is 1. The first-order chi connectivity index (χ1) is 13.4. The van der Waals surface area contributed by atoms with Crippen LogP contribution in [0.4, 0.5) is 5.69 Å². The second-order valence-corrected chi connectivity index (χ2v) is 12.0. The van der Waals surface area contributed by atoms with E-state index in [1.54, 1.807) is 0 Å². The van der Waals surface area contributed by atoms with Crippen molar-refractivity contribution < 1.29 is 43.8 Å². The maximum absolute atomic E-state index is 12.1. The van der Waals surface area contributed by atoms with Gasteiger partial charge in [-0.05, 0) is 24.6 Å². The molecular weight excluding hydrogens is 464 g/mol. The van der Waals surface area contributed by atoms with Gasteiger partial charge in [-0.25, -0.2) is 21.6 Å². The highest BCUT2D eigenvalue weighted by Gasteiger charge is 2.36. The van der Waals surface area contributed by atoms with Crippen molar-refractivity contribution in [3.63, 3.8) is 0 Å². The van der Waals surface area contributed by atoms with Crippen LogP contribution in [0.25, 0.3) is 0 Å². The second-order valence-electron chi connectivity index (χ2n) is 6.58. The summed E-state index contributed by atoms with van der Waals surface area (Å²) in [6.07, 6.45) is 1.98. The predicted molar refractivity (Wildman–Crippen MR) is 107 cm³/mol. The Kier molecular flexibility index (Phi) is 7.50. The van der Waals surface area contributed by atoms with Crippen LogP contribution >= 0.6 is 0 Å². The van der Waals surface area contributed by atoms with Crippen LogP contribution in [0, 0.1) is 0 Å². The predicted octanol–water partition coefficient (Wildman–Crippen LogP) is -1.03. The van der Waals surface area contributed by atoms with E-state index in [4.69, 9.17) is 4.18 Å². The molecule has 0 heterocycles. The number of nitrogens with zero attached hydrogens (tertiary/aromatic N) is 1. The summed E-state index contributed by atoms with van der Waals surface area (Å²) in [4.78, 5) is 22.9. The molecule has 0 radical (unpaired) electrons. The van der Waals surface area contributed by atoms with Crippen LogP contribution in [0.1, 0.15) is 12.5 Å². The van der Waals surface area contributed by atoms with E-state index >= 15 is 0 Å². The third-order valence-electron chi connectivity index (χ3n) is 3.64. The first-order valence-corrected chi connectivity index (χ1v) is 13.5. The fourth-order valence-corrected chi connectivity index (χ4v) is 6.04. The van der Waals surface area contributed by atoms with Crippen molar-refractivity contribution in [3.05, 3.63) is 23.8 Å². The van der Waals surface area contributed by atoms with Crippen molar-refractivity contribution in [1.82, 2.24) is 5.32 Å². The third-order valence-corrected chi connectivity index (χ3v) is 7.34. The minimum absolute atomic E-state index is 0.0213. The zero-order chi connectivity index (χ0) is 23.5. The molecular formula is C15H22N2O10S3. The number of sulfonamides is 2. The van der Waals surface area contributed by atoms with E-state index in [1.807, 2.05) is 0 Å². The summed E-state index contributed by atoms with van der Waals surface area (Å²) in [6.45, 7) is 1.34. The molecule has 0 fully saturated rings. The minimum atomic E-state index is -4.39. The largest absolute Gasteiger partial charge is 0.467 e. The van der Waals surface area contributed by atoms with Crippen LogP contribution in [0.3, 0.4) is 0 Å². The zero-order valence-corrected chi connectivity index (χ0v) is 19.2. The normalized spacial score (nSPS) is 14.3. The number of carbonyl (C=O) groups is 2. The van der Waals surface area contributed by atoms with E-state index in [1.165, 1.54) is 13.0 Å². The van der Waals surface area contributed by atoms with Gasteiger partial charge in [0.15, 0.2) is 5.75 Å². The number of hydrogen-bond donors (Lipinski definition) is 1. The van der Waals surface area contributed by atoms with Crippen LogP contribution in [0.15, 0.2) is 18.2 Å². The van der Waals surface area contributed by atoms with Gasteiger partial charge in [0.1, 0.15) is 11.2 Å². The Bertz CT molecular complexity index is 1110. The average Bonchev–Trinajstić information content (AvgIpc) is 2.52. The van der Waals surface area contributed by atoms with Crippen LogP contribution in [-0.2, 0) is 50.9 Å². The molecule has 0 saturated carbocycles. The Hall–Kier alpha value is -2.39. The van der Waals surface area contributed by atoms with Crippen LogP contribution in [0.5, 0.6) is 5.75 Å². The van der Waals surface area contributed by atoms with Crippen LogP contribution in [0.2, 0.25) is 0 Å². The Morgan fingerprint density at radius 2 is 1.63 bits per heavy atom. The summed E-state index contributed by atoms with van der Waals surface area (Å²) in [5.74, 6) is -1.41. The van der Waals surface area contributed by atoms with Crippen molar-refractivity contribution in [3.8, 4) is 5.75 Å². The van der Waals surface area contributed by atoms with Crippen LogP contribution < -0.4 is 13.2 Å². The lowest BCUT2D eigenvalue weighted by Gasteiger charge is -2.27. The fourth-order valence-electron chi connectivity index (χ4n) is 2.60. The molecule has 1 N–H and O–H groups in total. The fraction of sp³-hybridized carbons (Fsp3) is 0.467. The summed E-state index contributed by atoms with van der Waals surface area (Å²) < 4.78 is 81.0. The number of hydrogen-bond acceptors (Lipinski definition) is 10. The molecule has 0 bridgehead atoms. The molecule has 0 saturated heterocycles. The van der Waals surface area contributed by atoms with Gasteiger partial charge in [0.2, 0.25) is 26.5 Å². The molecule has 1 atom stereocenters. The number of benzene rings is 1. The number of rotatable bonds is 10. The smallest absolute Gasteiger partial charge is 0.331 e.